The van der Waals surface area contributed by atoms with Crippen LogP contribution in [0.15, 0.2) is 48.5 Å². The number of halogens is 2. The normalized spacial score (nSPS) is 10.6. The minimum absolute atomic E-state index is 0.00693. The van der Waals surface area contributed by atoms with Crippen LogP contribution in [0.5, 0.6) is 0 Å². The highest BCUT2D eigenvalue weighted by Crippen LogP contribution is 2.27. The molecular formula is C28H24Cl2O6. The topological polar surface area (TPSA) is 86.7 Å². The van der Waals surface area contributed by atoms with E-state index >= 15 is 0 Å². The van der Waals surface area contributed by atoms with Gasteiger partial charge in [-0.1, -0.05) is 58.6 Å². The number of hydrogen-bond donors (Lipinski definition) is 0. The highest BCUT2D eigenvalue weighted by Gasteiger charge is 2.24. The molecule has 0 aromatic heterocycles. The molecule has 3 rings (SSSR count). The fourth-order valence-electron chi connectivity index (χ4n) is 3.53. The van der Waals surface area contributed by atoms with Crippen molar-refractivity contribution in [3.8, 4) is 0 Å². The summed E-state index contributed by atoms with van der Waals surface area (Å²) < 4.78 is 10.4. The van der Waals surface area contributed by atoms with E-state index in [0.717, 1.165) is 34.4 Å². The first kappa shape index (κ1) is 27.1. The highest BCUT2D eigenvalue weighted by molar-refractivity contribution is 6.42. The Morgan fingerprint density at radius 1 is 0.583 bits per heavy atom. The second-order valence-electron chi connectivity index (χ2n) is 8.45. The molecule has 8 heteroatoms. The summed E-state index contributed by atoms with van der Waals surface area (Å²) in [4.78, 5) is 50.8. The summed E-state index contributed by atoms with van der Waals surface area (Å²) in [5.41, 5.74) is 3.66. The zero-order valence-corrected chi connectivity index (χ0v) is 21.8. The van der Waals surface area contributed by atoms with E-state index in [1.54, 1.807) is 38.1 Å². The number of rotatable bonds is 8. The Morgan fingerprint density at radius 3 is 1.31 bits per heavy atom. The molecule has 0 saturated carbocycles. The maximum atomic E-state index is 12.8. The van der Waals surface area contributed by atoms with E-state index in [0.29, 0.717) is 11.1 Å². The Labute approximate surface area is 219 Å². The van der Waals surface area contributed by atoms with E-state index in [1.165, 1.54) is 0 Å². The lowest BCUT2D eigenvalue weighted by Crippen LogP contribution is -2.20. The molecule has 0 atom stereocenters. The number of Topliss-reactive ketones (excluding diaryl/α,β-unsaturated/α-hetero) is 2. The molecule has 0 amide bonds. The number of ether oxygens (including phenoxy) is 2. The molecule has 186 valence electrons. The number of carbonyl (C=O) groups excluding carboxylic acids is 4. The zero-order chi connectivity index (χ0) is 26.6. The van der Waals surface area contributed by atoms with E-state index in [9.17, 15) is 19.2 Å². The summed E-state index contributed by atoms with van der Waals surface area (Å²) in [6, 6.07) is 13.1. The van der Waals surface area contributed by atoms with E-state index in [2.05, 4.69) is 0 Å². The van der Waals surface area contributed by atoms with Gasteiger partial charge in [-0.2, -0.15) is 0 Å². The van der Waals surface area contributed by atoms with Crippen molar-refractivity contribution in [2.75, 3.05) is 13.2 Å². The van der Waals surface area contributed by atoms with Crippen molar-refractivity contribution in [2.45, 2.75) is 27.7 Å². The third-order valence-corrected chi connectivity index (χ3v) is 6.28. The smallest absolute Gasteiger partial charge is 0.339 e. The van der Waals surface area contributed by atoms with Crippen molar-refractivity contribution < 1.29 is 28.7 Å². The van der Waals surface area contributed by atoms with Crippen LogP contribution in [0.2, 0.25) is 10.0 Å². The maximum Gasteiger partial charge on any atom is 0.339 e. The van der Waals surface area contributed by atoms with Gasteiger partial charge in [-0.3, -0.25) is 9.59 Å². The Hall–Kier alpha value is -3.48. The highest BCUT2D eigenvalue weighted by atomic mass is 35.5. The van der Waals surface area contributed by atoms with Gasteiger partial charge in [-0.05, 0) is 63.1 Å². The van der Waals surface area contributed by atoms with E-state index in [1.807, 2.05) is 26.0 Å². The van der Waals surface area contributed by atoms with Crippen LogP contribution in [-0.2, 0) is 9.47 Å². The summed E-state index contributed by atoms with van der Waals surface area (Å²) in [6.07, 6.45) is 0. The molecule has 0 heterocycles. The van der Waals surface area contributed by atoms with Crippen molar-refractivity contribution >= 4 is 46.7 Å². The molecule has 0 fully saturated rings. The summed E-state index contributed by atoms with van der Waals surface area (Å²) in [7, 11) is 0. The van der Waals surface area contributed by atoms with Crippen LogP contribution in [0.25, 0.3) is 0 Å². The molecule has 0 aliphatic heterocycles. The van der Waals surface area contributed by atoms with Gasteiger partial charge in [0.2, 0.25) is 11.6 Å². The molecule has 6 nitrogen and oxygen atoms in total. The second kappa shape index (κ2) is 11.5. The molecule has 3 aromatic rings. The molecule has 0 radical (unpaired) electrons. The lowest BCUT2D eigenvalue weighted by Gasteiger charge is -2.12. The predicted octanol–water partition coefficient (Wildman–Crippen LogP) is 6.31. The van der Waals surface area contributed by atoms with Gasteiger partial charge in [-0.25, -0.2) is 9.59 Å². The molecular weight excluding hydrogens is 503 g/mol. The van der Waals surface area contributed by atoms with Crippen molar-refractivity contribution in [3.63, 3.8) is 0 Å². The molecule has 3 aromatic carbocycles. The standard InChI is InChI=1S/C28H24Cl2O6/c1-15-5-7-17(3)19(9-15)25(31)13-35-27(33)21-11-23(29)24(30)12-22(21)28(34)36-14-26(32)20-10-16(2)6-8-18(20)4/h5-12H,13-14H2,1-4H3. The molecule has 36 heavy (non-hydrogen) atoms. The van der Waals surface area contributed by atoms with Crippen LogP contribution in [0.4, 0.5) is 0 Å². The molecule has 0 saturated heterocycles. The van der Waals surface area contributed by atoms with Crippen molar-refractivity contribution in [1.82, 2.24) is 0 Å². The fraction of sp³-hybridized carbons (Fsp3) is 0.214. The maximum absolute atomic E-state index is 12.8. The van der Waals surface area contributed by atoms with E-state index in [4.69, 9.17) is 32.7 Å². The Bertz CT molecular complexity index is 1270. The van der Waals surface area contributed by atoms with Crippen molar-refractivity contribution in [1.29, 1.82) is 0 Å². The van der Waals surface area contributed by atoms with Crippen molar-refractivity contribution in [3.05, 3.63) is 103 Å². The monoisotopic (exact) mass is 526 g/mol. The molecule has 0 aliphatic rings. The molecule has 0 N–H and O–H groups in total. The Kier molecular flexibility index (Phi) is 8.66. The second-order valence-corrected chi connectivity index (χ2v) is 9.26. The van der Waals surface area contributed by atoms with Crippen LogP contribution >= 0.6 is 23.2 Å². The first-order valence-electron chi connectivity index (χ1n) is 11.0. The van der Waals surface area contributed by atoms with Crippen molar-refractivity contribution in [2.24, 2.45) is 0 Å². The third kappa shape index (κ3) is 6.39. The van der Waals surface area contributed by atoms with Gasteiger partial charge < -0.3 is 9.47 Å². The van der Waals surface area contributed by atoms with Gasteiger partial charge in [0.25, 0.3) is 0 Å². The quantitative estimate of drug-likeness (QED) is 0.252. The Balaban J connectivity index is 1.76. The van der Waals surface area contributed by atoms with Crippen LogP contribution < -0.4 is 0 Å². The number of aryl methyl sites for hydroxylation is 4. The SMILES string of the molecule is Cc1ccc(C)c(C(=O)COC(=O)c2cc(Cl)c(Cl)cc2C(=O)OCC(=O)c2cc(C)ccc2C)c1. The molecule has 0 spiro atoms. The average Bonchev–Trinajstić information content (AvgIpc) is 2.84. The molecule has 0 aliphatic carbocycles. The molecule has 0 bridgehead atoms. The predicted molar refractivity (Wildman–Crippen MR) is 138 cm³/mol. The van der Waals surface area contributed by atoms with Gasteiger partial charge in [0.1, 0.15) is 0 Å². The van der Waals surface area contributed by atoms with Crippen LogP contribution in [-0.4, -0.2) is 36.7 Å². The third-order valence-electron chi connectivity index (χ3n) is 5.56. The van der Waals surface area contributed by atoms with Gasteiger partial charge in [0.15, 0.2) is 13.2 Å². The summed E-state index contributed by atoms with van der Waals surface area (Å²) in [5.74, 6) is -2.71. The Morgan fingerprint density at radius 2 is 0.944 bits per heavy atom. The van der Waals surface area contributed by atoms with Gasteiger partial charge in [0.05, 0.1) is 21.2 Å². The van der Waals surface area contributed by atoms with Gasteiger partial charge in [0, 0.05) is 11.1 Å². The first-order chi connectivity index (χ1) is 17.0. The number of hydrogen-bond acceptors (Lipinski definition) is 6. The summed E-state index contributed by atoms with van der Waals surface area (Å²) >= 11 is 12.1. The largest absolute Gasteiger partial charge is 0.454 e. The zero-order valence-electron chi connectivity index (χ0n) is 20.2. The minimum Gasteiger partial charge on any atom is -0.454 e. The van der Waals surface area contributed by atoms with Crippen LogP contribution in [0, 0.1) is 27.7 Å². The van der Waals surface area contributed by atoms with Gasteiger partial charge in [-0.15, -0.1) is 0 Å². The fourth-order valence-corrected chi connectivity index (χ4v) is 3.86. The average molecular weight is 527 g/mol. The molecule has 0 unspecified atom stereocenters. The van der Waals surface area contributed by atoms with E-state index in [-0.39, 0.29) is 21.2 Å². The van der Waals surface area contributed by atoms with Crippen LogP contribution in [0.3, 0.4) is 0 Å². The first-order valence-corrected chi connectivity index (χ1v) is 11.8. The number of benzene rings is 3. The van der Waals surface area contributed by atoms with Gasteiger partial charge >= 0.3 is 11.9 Å². The minimum atomic E-state index is -0.958. The lowest BCUT2D eigenvalue weighted by molar-refractivity contribution is 0.0439. The number of carbonyl (C=O) groups is 4. The lowest BCUT2D eigenvalue weighted by atomic mass is 10.0. The number of ketones is 2. The summed E-state index contributed by atoms with van der Waals surface area (Å²) in [6.45, 7) is 6.18. The van der Waals surface area contributed by atoms with E-state index < -0.39 is 36.7 Å². The number of esters is 2. The summed E-state index contributed by atoms with van der Waals surface area (Å²) in [5, 5.41) is 0.0139. The van der Waals surface area contributed by atoms with Crippen LogP contribution in [0.1, 0.15) is 63.7 Å².